The van der Waals surface area contributed by atoms with E-state index in [0.717, 1.165) is 28.9 Å². The highest BCUT2D eigenvalue weighted by Crippen LogP contribution is 2.38. The van der Waals surface area contributed by atoms with Crippen LogP contribution in [0, 0.1) is 0 Å². The first-order valence-corrected chi connectivity index (χ1v) is 8.24. The van der Waals surface area contributed by atoms with Gasteiger partial charge < -0.3 is 4.74 Å². The van der Waals surface area contributed by atoms with Gasteiger partial charge >= 0.3 is 6.30 Å². The zero-order valence-electron chi connectivity index (χ0n) is 13.5. The molecule has 0 unspecified atom stereocenters. The van der Waals surface area contributed by atoms with Gasteiger partial charge in [0.15, 0.2) is 0 Å². The molecule has 3 heterocycles. The van der Waals surface area contributed by atoms with Crippen LogP contribution in [0.5, 0.6) is 5.75 Å². The van der Waals surface area contributed by atoms with Gasteiger partial charge in [0.2, 0.25) is 0 Å². The SMILES string of the molecule is FC(F)(F)n1c2ccc(-c3ccc4c(c3)CCO4)cc2c2ccncc21. The third-order valence-corrected chi connectivity index (χ3v) is 4.84. The Balaban J connectivity index is 1.77. The predicted molar refractivity (Wildman–Crippen MR) is 93.2 cm³/mol. The summed E-state index contributed by atoms with van der Waals surface area (Å²) in [5, 5.41) is 1.10. The zero-order valence-corrected chi connectivity index (χ0v) is 13.5. The standard InChI is InChI=1S/C20H13F3N2O/c21-20(22,23)25-17-3-1-13(10-16(17)15-5-7-24-11-18(15)25)12-2-4-19-14(9-12)6-8-26-19/h1-5,7,9-11H,6,8H2. The Morgan fingerprint density at radius 1 is 0.923 bits per heavy atom. The van der Waals surface area contributed by atoms with Crippen molar-refractivity contribution in [2.75, 3.05) is 6.61 Å². The van der Waals surface area contributed by atoms with Crippen LogP contribution >= 0.6 is 0 Å². The molecule has 0 bridgehead atoms. The topological polar surface area (TPSA) is 27.1 Å². The van der Waals surface area contributed by atoms with Crippen molar-refractivity contribution < 1.29 is 17.9 Å². The molecule has 1 aliphatic rings. The van der Waals surface area contributed by atoms with E-state index in [4.69, 9.17) is 4.74 Å². The van der Waals surface area contributed by atoms with Crippen molar-refractivity contribution in [1.29, 1.82) is 0 Å². The summed E-state index contributed by atoms with van der Waals surface area (Å²) in [4.78, 5) is 3.87. The lowest BCUT2D eigenvalue weighted by Crippen LogP contribution is -2.16. The first-order chi connectivity index (χ1) is 12.5. The van der Waals surface area contributed by atoms with Crippen LogP contribution in [0.2, 0.25) is 0 Å². The maximum Gasteiger partial charge on any atom is 0.489 e. The summed E-state index contributed by atoms with van der Waals surface area (Å²) in [5.74, 6) is 0.884. The van der Waals surface area contributed by atoms with Gasteiger partial charge in [-0.1, -0.05) is 12.1 Å². The molecular formula is C20H13F3N2O. The fourth-order valence-electron chi connectivity index (χ4n) is 3.69. The van der Waals surface area contributed by atoms with Gasteiger partial charge in [-0.2, -0.15) is 0 Å². The summed E-state index contributed by atoms with van der Waals surface area (Å²) in [7, 11) is 0. The molecule has 3 nitrogen and oxygen atoms in total. The monoisotopic (exact) mass is 354 g/mol. The van der Waals surface area contributed by atoms with E-state index in [2.05, 4.69) is 4.98 Å². The number of pyridine rings is 1. The molecule has 2 aromatic heterocycles. The smallest absolute Gasteiger partial charge is 0.489 e. The second-order valence-electron chi connectivity index (χ2n) is 6.35. The molecule has 0 saturated carbocycles. The van der Waals surface area contributed by atoms with Crippen LogP contribution in [0.3, 0.4) is 0 Å². The molecule has 0 aliphatic carbocycles. The number of alkyl halides is 3. The largest absolute Gasteiger partial charge is 0.493 e. The maximum atomic E-state index is 13.6. The van der Waals surface area contributed by atoms with Gasteiger partial charge in [0.25, 0.3) is 0 Å². The lowest BCUT2D eigenvalue weighted by molar-refractivity contribution is -0.197. The minimum Gasteiger partial charge on any atom is -0.493 e. The number of hydrogen-bond acceptors (Lipinski definition) is 2. The summed E-state index contributed by atoms with van der Waals surface area (Å²) in [6.07, 6.45) is -0.878. The molecule has 0 saturated heterocycles. The van der Waals surface area contributed by atoms with Crippen LogP contribution in [0.25, 0.3) is 32.9 Å². The average molecular weight is 354 g/mol. The number of hydrogen-bond donors (Lipinski definition) is 0. The van der Waals surface area contributed by atoms with Crippen molar-refractivity contribution in [2.24, 2.45) is 0 Å². The highest BCUT2D eigenvalue weighted by molar-refractivity contribution is 6.09. The highest BCUT2D eigenvalue weighted by Gasteiger charge is 2.34. The van der Waals surface area contributed by atoms with Crippen molar-refractivity contribution in [3.05, 3.63) is 60.4 Å². The lowest BCUT2D eigenvalue weighted by Gasteiger charge is -2.11. The minimum atomic E-state index is -4.50. The summed E-state index contributed by atoms with van der Waals surface area (Å²) in [6.45, 7) is 0.671. The van der Waals surface area contributed by atoms with Crippen LogP contribution in [-0.2, 0) is 12.7 Å². The number of benzene rings is 2. The average Bonchev–Trinajstić information content (AvgIpc) is 3.22. The second-order valence-corrected chi connectivity index (χ2v) is 6.35. The summed E-state index contributed by atoms with van der Waals surface area (Å²) in [6, 6.07) is 12.6. The molecule has 2 aromatic carbocycles. The number of rotatable bonds is 1. The van der Waals surface area contributed by atoms with E-state index in [-0.39, 0.29) is 11.0 Å². The first kappa shape index (κ1) is 15.3. The van der Waals surface area contributed by atoms with E-state index >= 15 is 0 Å². The molecule has 0 fully saturated rings. The summed E-state index contributed by atoms with van der Waals surface area (Å²) >= 11 is 0. The van der Waals surface area contributed by atoms with Gasteiger partial charge in [-0.15, -0.1) is 13.2 Å². The molecule has 0 atom stereocenters. The zero-order chi connectivity index (χ0) is 17.9. The Hall–Kier alpha value is -3.02. The van der Waals surface area contributed by atoms with E-state index in [1.54, 1.807) is 12.1 Å². The number of halogens is 3. The third kappa shape index (κ3) is 2.18. The molecule has 4 aromatic rings. The summed E-state index contributed by atoms with van der Waals surface area (Å²) < 4.78 is 46.6. The second kappa shape index (κ2) is 5.24. The molecule has 1 aliphatic heterocycles. The number of fused-ring (bicyclic) bond motifs is 4. The molecular weight excluding hydrogens is 341 g/mol. The Bertz CT molecular complexity index is 1160. The number of nitrogens with zero attached hydrogens (tertiary/aromatic N) is 2. The fourth-order valence-corrected chi connectivity index (χ4v) is 3.69. The quantitative estimate of drug-likeness (QED) is 0.466. The van der Waals surface area contributed by atoms with E-state index in [1.807, 2.05) is 24.3 Å². The fraction of sp³-hybridized carbons (Fsp3) is 0.150. The Morgan fingerprint density at radius 2 is 1.73 bits per heavy atom. The van der Waals surface area contributed by atoms with Crippen molar-refractivity contribution >= 4 is 21.8 Å². The molecule has 0 radical (unpaired) electrons. The van der Waals surface area contributed by atoms with Gasteiger partial charge in [0, 0.05) is 23.4 Å². The highest BCUT2D eigenvalue weighted by atomic mass is 19.4. The predicted octanol–water partition coefficient (Wildman–Crippen LogP) is 5.27. The van der Waals surface area contributed by atoms with Gasteiger partial charge in [-0.3, -0.25) is 9.55 Å². The maximum absolute atomic E-state index is 13.6. The minimum absolute atomic E-state index is 0.0644. The molecule has 0 amide bonds. The van der Waals surface area contributed by atoms with Gasteiger partial charge in [-0.25, -0.2) is 0 Å². The molecule has 26 heavy (non-hydrogen) atoms. The Morgan fingerprint density at radius 3 is 2.58 bits per heavy atom. The van der Waals surface area contributed by atoms with E-state index in [1.165, 1.54) is 18.5 Å². The Kier molecular flexibility index (Phi) is 3.07. The van der Waals surface area contributed by atoms with E-state index < -0.39 is 6.30 Å². The molecule has 130 valence electrons. The summed E-state index contributed by atoms with van der Waals surface area (Å²) in [5.41, 5.74) is 3.18. The van der Waals surface area contributed by atoms with Gasteiger partial charge in [0.1, 0.15) is 5.75 Å². The number of aromatic nitrogens is 2. The number of ether oxygens (including phenoxy) is 1. The third-order valence-electron chi connectivity index (χ3n) is 4.84. The van der Waals surface area contributed by atoms with E-state index in [9.17, 15) is 13.2 Å². The van der Waals surface area contributed by atoms with Crippen molar-refractivity contribution in [1.82, 2.24) is 9.55 Å². The molecule has 0 N–H and O–H groups in total. The van der Waals surface area contributed by atoms with Crippen molar-refractivity contribution in [3.8, 4) is 16.9 Å². The van der Waals surface area contributed by atoms with E-state index in [0.29, 0.717) is 21.9 Å². The lowest BCUT2D eigenvalue weighted by atomic mass is 10.00. The molecule has 5 rings (SSSR count). The normalized spacial score (nSPS) is 14.0. The molecule has 6 heteroatoms. The van der Waals surface area contributed by atoms with Crippen molar-refractivity contribution in [3.63, 3.8) is 0 Å². The van der Waals surface area contributed by atoms with Gasteiger partial charge in [0.05, 0.1) is 23.8 Å². The molecule has 0 spiro atoms. The van der Waals surface area contributed by atoms with Crippen LogP contribution in [0.4, 0.5) is 13.2 Å². The van der Waals surface area contributed by atoms with Crippen molar-refractivity contribution in [2.45, 2.75) is 12.7 Å². The Labute approximate surface area is 146 Å². The van der Waals surface area contributed by atoms with Crippen LogP contribution < -0.4 is 4.74 Å². The van der Waals surface area contributed by atoms with Crippen LogP contribution in [-0.4, -0.2) is 16.2 Å². The first-order valence-electron chi connectivity index (χ1n) is 8.24. The van der Waals surface area contributed by atoms with Crippen LogP contribution in [0.15, 0.2) is 54.9 Å². The van der Waals surface area contributed by atoms with Gasteiger partial charge in [-0.05, 0) is 47.0 Å². The van der Waals surface area contributed by atoms with Crippen LogP contribution in [0.1, 0.15) is 5.56 Å².